The molecule has 3 aliphatic heterocycles. The Morgan fingerprint density at radius 1 is 1.07 bits per heavy atom. The summed E-state index contributed by atoms with van der Waals surface area (Å²) in [7, 11) is 0. The van der Waals surface area contributed by atoms with Crippen molar-refractivity contribution >= 4 is 11.9 Å². The Hall–Kier alpha value is -4.14. The summed E-state index contributed by atoms with van der Waals surface area (Å²) in [5, 5.41) is 61.9. The summed E-state index contributed by atoms with van der Waals surface area (Å²) in [4.78, 5) is 25.7. The molecule has 6 N–H and O–H groups in total. The Bertz CT molecular complexity index is 1390. The molecule has 0 saturated carbocycles. The molecule has 0 amide bonds. The molecule has 0 radical (unpaired) electrons. The van der Waals surface area contributed by atoms with Crippen LogP contribution in [0.3, 0.4) is 0 Å². The van der Waals surface area contributed by atoms with Crippen LogP contribution < -0.4 is 0 Å². The molecule has 42 heavy (non-hydrogen) atoms. The number of hydrogen-bond donors (Lipinski definition) is 6. The number of carbonyl (C=O) groups excluding carboxylic acids is 2. The molecule has 2 fully saturated rings. The first-order valence-corrected chi connectivity index (χ1v) is 13.1. The summed E-state index contributed by atoms with van der Waals surface area (Å²) in [6.07, 6.45) is -6.09. The van der Waals surface area contributed by atoms with Crippen molar-refractivity contribution < 1.29 is 63.9 Å². The molecule has 2 aromatic rings. The molecule has 0 bridgehead atoms. The first kappa shape index (κ1) is 29.4. The Morgan fingerprint density at radius 2 is 1.86 bits per heavy atom. The van der Waals surface area contributed by atoms with E-state index in [9.17, 15) is 40.2 Å². The van der Waals surface area contributed by atoms with Gasteiger partial charge in [-0.1, -0.05) is 18.2 Å². The highest BCUT2D eigenvalue weighted by Crippen LogP contribution is 2.40. The highest BCUT2D eigenvalue weighted by Gasteiger charge is 2.50. The second-order valence-corrected chi connectivity index (χ2v) is 10.1. The van der Waals surface area contributed by atoms with Crippen LogP contribution in [0.15, 0.2) is 60.9 Å². The number of esters is 2. The Kier molecular flexibility index (Phi) is 8.38. The summed E-state index contributed by atoms with van der Waals surface area (Å²) in [6.45, 7) is 3.27. The van der Waals surface area contributed by atoms with Crippen LogP contribution in [0, 0.1) is 11.8 Å². The number of fused-ring (bicyclic) bond motifs is 1. The summed E-state index contributed by atoms with van der Waals surface area (Å²) in [5.74, 6) is -3.78. The fraction of sp³-hybridized carbons (Fsp3) is 0.379. The molecular formula is C29H30O13. The number of aromatic hydroxyl groups is 3. The quantitative estimate of drug-likeness (QED) is 0.199. The first-order valence-electron chi connectivity index (χ1n) is 13.1. The van der Waals surface area contributed by atoms with E-state index in [1.807, 2.05) is 0 Å². The van der Waals surface area contributed by atoms with Crippen LogP contribution >= 0.6 is 0 Å². The molecule has 0 aromatic heterocycles. The van der Waals surface area contributed by atoms with Crippen LogP contribution in [-0.2, 0) is 28.5 Å². The lowest BCUT2D eigenvalue weighted by atomic mass is 9.81. The summed E-state index contributed by atoms with van der Waals surface area (Å²) < 4.78 is 27.9. The number of aliphatic hydroxyl groups excluding tert-OH is 3. The van der Waals surface area contributed by atoms with E-state index in [0.717, 1.165) is 12.1 Å². The highest BCUT2D eigenvalue weighted by molar-refractivity contribution is 6.00. The van der Waals surface area contributed by atoms with E-state index in [0.29, 0.717) is 12.0 Å². The minimum absolute atomic E-state index is 0.0876. The smallest absolute Gasteiger partial charge is 0.339 e. The maximum Gasteiger partial charge on any atom is 0.339 e. The van der Waals surface area contributed by atoms with Crippen LogP contribution in [0.4, 0.5) is 0 Å². The molecule has 0 aliphatic carbocycles. The molecule has 2 saturated heterocycles. The fourth-order valence-electron chi connectivity index (χ4n) is 5.37. The van der Waals surface area contributed by atoms with E-state index < -0.39 is 73.0 Å². The topological polar surface area (TPSA) is 202 Å². The van der Waals surface area contributed by atoms with Gasteiger partial charge in [0.25, 0.3) is 0 Å². The normalized spacial score (nSPS) is 30.7. The average Bonchev–Trinajstić information content (AvgIpc) is 2.96. The summed E-state index contributed by atoms with van der Waals surface area (Å²) in [6, 6.07) is 7.66. The number of aliphatic hydroxyl groups is 3. The van der Waals surface area contributed by atoms with Crippen molar-refractivity contribution in [2.75, 3.05) is 13.2 Å². The fourth-order valence-corrected chi connectivity index (χ4v) is 5.37. The molecule has 13 nitrogen and oxygen atoms in total. The average molecular weight is 587 g/mol. The third-order valence-electron chi connectivity index (χ3n) is 7.47. The number of benzene rings is 2. The zero-order chi connectivity index (χ0) is 30.1. The SMILES string of the molecule is C=C[C@@H]1[C@@H](O[C@@H]2O[C@@H](CO)[C@H](O)[C@H](O)[C@@H]2OC(=O)c2cc(O)cc(O)c2-c2cccc(O)c2)OC=C2C(=O)OCC[C@H]21. The van der Waals surface area contributed by atoms with Crippen molar-refractivity contribution in [2.24, 2.45) is 11.8 Å². The van der Waals surface area contributed by atoms with Crippen LogP contribution in [-0.4, -0.2) is 92.8 Å². The van der Waals surface area contributed by atoms with Crippen molar-refractivity contribution in [1.82, 2.24) is 0 Å². The Labute approximate surface area is 239 Å². The van der Waals surface area contributed by atoms with Gasteiger partial charge in [-0.2, -0.15) is 0 Å². The van der Waals surface area contributed by atoms with Crippen molar-refractivity contribution in [3.8, 4) is 28.4 Å². The molecule has 224 valence electrons. The molecular weight excluding hydrogens is 556 g/mol. The number of rotatable bonds is 7. The minimum atomic E-state index is -1.82. The highest BCUT2D eigenvalue weighted by atomic mass is 16.8. The van der Waals surface area contributed by atoms with E-state index >= 15 is 0 Å². The van der Waals surface area contributed by atoms with Crippen molar-refractivity contribution in [3.05, 3.63) is 66.5 Å². The second kappa shape index (κ2) is 12.0. The number of phenolic OH excluding ortho intramolecular Hbond substituents is 3. The summed E-state index contributed by atoms with van der Waals surface area (Å²) >= 11 is 0. The lowest BCUT2D eigenvalue weighted by Crippen LogP contribution is -2.61. The second-order valence-electron chi connectivity index (χ2n) is 10.1. The predicted octanol–water partition coefficient (Wildman–Crippen LogP) is 1.06. The van der Waals surface area contributed by atoms with E-state index in [-0.39, 0.29) is 35.0 Å². The molecule has 5 rings (SSSR count). The number of phenols is 3. The lowest BCUT2D eigenvalue weighted by Gasteiger charge is -2.44. The van der Waals surface area contributed by atoms with E-state index in [1.165, 1.54) is 36.6 Å². The van der Waals surface area contributed by atoms with Crippen LogP contribution in [0.25, 0.3) is 11.1 Å². The van der Waals surface area contributed by atoms with Crippen molar-refractivity contribution in [2.45, 2.75) is 43.4 Å². The number of cyclic esters (lactones) is 1. The van der Waals surface area contributed by atoms with Gasteiger partial charge in [-0.15, -0.1) is 6.58 Å². The third kappa shape index (κ3) is 5.52. The zero-order valence-corrected chi connectivity index (χ0v) is 22.1. The maximum absolute atomic E-state index is 13.5. The standard InChI is InChI=1S/C29H30O13/c1-2-16-17-6-7-38-26(36)19(17)12-39-28(16)42-29-25(24(35)23(34)21(11-30)40-29)41-27(37)18-9-15(32)10-20(33)22(18)13-4-3-5-14(31)8-13/h2-5,8-10,12,16-17,21,23-25,28-35H,1,6-7,11H2/t16-,17-,21-,23-,24-,25-,28+,29-/m0/s1. The minimum Gasteiger partial charge on any atom is -0.508 e. The van der Waals surface area contributed by atoms with E-state index in [1.54, 1.807) is 0 Å². The predicted molar refractivity (Wildman–Crippen MR) is 141 cm³/mol. The lowest BCUT2D eigenvalue weighted by molar-refractivity contribution is -0.338. The summed E-state index contributed by atoms with van der Waals surface area (Å²) in [5.41, 5.74) is 0.0841. The van der Waals surface area contributed by atoms with Crippen LogP contribution in [0.2, 0.25) is 0 Å². The maximum atomic E-state index is 13.5. The molecule has 0 spiro atoms. The van der Waals surface area contributed by atoms with Gasteiger partial charge in [-0.3, -0.25) is 0 Å². The first-order chi connectivity index (χ1) is 20.1. The van der Waals surface area contributed by atoms with Gasteiger partial charge in [0.1, 0.15) is 35.6 Å². The van der Waals surface area contributed by atoms with Gasteiger partial charge in [-0.25, -0.2) is 9.59 Å². The van der Waals surface area contributed by atoms with Gasteiger partial charge < -0.3 is 54.3 Å². The Balaban J connectivity index is 1.46. The number of ether oxygens (including phenoxy) is 5. The van der Waals surface area contributed by atoms with Gasteiger partial charge in [0.2, 0.25) is 12.6 Å². The molecule has 3 aliphatic rings. The largest absolute Gasteiger partial charge is 0.508 e. The van der Waals surface area contributed by atoms with Gasteiger partial charge in [0.15, 0.2) is 6.10 Å². The van der Waals surface area contributed by atoms with Gasteiger partial charge in [0.05, 0.1) is 30.6 Å². The number of hydrogen-bond acceptors (Lipinski definition) is 13. The van der Waals surface area contributed by atoms with Crippen molar-refractivity contribution in [1.29, 1.82) is 0 Å². The van der Waals surface area contributed by atoms with Gasteiger partial charge in [-0.05, 0) is 30.2 Å². The van der Waals surface area contributed by atoms with E-state index in [2.05, 4.69) is 6.58 Å². The molecule has 8 atom stereocenters. The van der Waals surface area contributed by atoms with E-state index in [4.69, 9.17) is 23.7 Å². The van der Waals surface area contributed by atoms with Crippen LogP contribution in [0.1, 0.15) is 16.8 Å². The molecule has 3 heterocycles. The van der Waals surface area contributed by atoms with Crippen LogP contribution in [0.5, 0.6) is 17.2 Å². The Morgan fingerprint density at radius 3 is 2.57 bits per heavy atom. The van der Waals surface area contributed by atoms with Gasteiger partial charge in [0, 0.05) is 23.5 Å². The molecule has 13 heteroatoms. The van der Waals surface area contributed by atoms with Gasteiger partial charge >= 0.3 is 11.9 Å². The third-order valence-corrected chi connectivity index (χ3v) is 7.47. The molecule has 2 aromatic carbocycles. The monoisotopic (exact) mass is 586 g/mol. The van der Waals surface area contributed by atoms with Crippen molar-refractivity contribution in [3.63, 3.8) is 0 Å². The molecule has 0 unspecified atom stereocenters. The zero-order valence-electron chi connectivity index (χ0n) is 22.1. The number of carbonyl (C=O) groups is 2.